The van der Waals surface area contributed by atoms with Crippen molar-refractivity contribution < 1.29 is 22.7 Å². The maximum atomic E-state index is 12.5. The number of nitrogens with zero attached hydrogens (tertiary/aromatic N) is 1. The number of anilines is 1. The van der Waals surface area contributed by atoms with Gasteiger partial charge < -0.3 is 10.1 Å². The zero-order valence-corrected chi connectivity index (χ0v) is 17.7. The zero-order chi connectivity index (χ0) is 21.4. The van der Waals surface area contributed by atoms with E-state index in [1.165, 1.54) is 16.4 Å². The van der Waals surface area contributed by atoms with Crippen molar-refractivity contribution in [2.45, 2.75) is 32.1 Å². The summed E-state index contributed by atoms with van der Waals surface area (Å²) in [4.78, 5) is 23.9. The molecule has 0 saturated carbocycles. The van der Waals surface area contributed by atoms with Gasteiger partial charge in [-0.05, 0) is 48.5 Å². The molecule has 0 heterocycles. The molecule has 8 heteroatoms. The number of hydrogen-bond acceptors (Lipinski definition) is 5. The lowest BCUT2D eigenvalue weighted by atomic mass is 10.1. The average Bonchev–Trinajstić information content (AvgIpc) is 2.73. The van der Waals surface area contributed by atoms with E-state index in [2.05, 4.69) is 5.32 Å². The Labute approximate surface area is 171 Å². The van der Waals surface area contributed by atoms with Crippen LogP contribution in [0.3, 0.4) is 0 Å². The van der Waals surface area contributed by atoms with Crippen molar-refractivity contribution in [2.75, 3.05) is 25.0 Å². The van der Waals surface area contributed by atoms with E-state index in [0.29, 0.717) is 36.5 Å². The molecule has 2 aromatic rings. The summed E-state index contributed by atoms with van der Waals surface area (Å²) in [5, 5.41) is 2.66. The standard InChI is InChI=1S/C21H26N2O5S/c1-4-20(24)16-7-11-18(12-8-16)28-15-21(25)22-17-9-13-19(14-10-17)29(26,27)23(5-2)6-3/h7-14H,4-6,15H2,1-3H3,(H,22,25). The molecule has 0 unspecified atom stereocenters. The number of carbonyl (C=O) groups excluding carboxylic acids is 2. The first-order valence-corrected chi connectivity index (χ1v) is 10.9. The maximum absolute atomic E-state index is 12.5. The highest BCUT2D eigenvalue weighted by Gasteiger charge is 2.21. The molecule has 156 valence electrons. The van der Waals surface area contributed by atoms with Crippen LogP contribution >= 0.6 is 0 Å². The van der Waals surface area contributed by atoms with Gasteiger partial charge in [0.2, 0.25) is 10.0 Å². The molecule has 1 N–H and O–H groups in total. The normalized spacial score (nSPS) is 11.3. The van der Waals surface area contributed by atoms with Gasteiger partial charge in [-0.25, -0.2) is 8.42 Å². The summed E-state index contributed by atoms with van der Waals surface area (Å²) in [5.74, 6) is 0.146. The van der Waals surface area contributed by atoms with Gasteiger partial charge in [-0.2, -0.15) is 4.31 Å². The van der Waals surface area contributed by atoms with E-state index in [-0.39, 0.29) is 23.2 Å². The highest BCUT2D eigenvalue weighted by Crippen LogP contribution is 2.18. The lowest BCUT2D eigenvalue weighted by molar-refractivity contribution is -0.118. The fourth-order valence-electron chi connectivity index (χ4n) is 2.71. The van der Waals surface area contributed by atoms with E-state index in [1.807, 2.05) is 0 Å². The number of carbonyl (C=O) groups is 2. The van der Waals surface area contributed by atoms with Crippen molar-refractivity contribution >= 4 is 27.4 Å². The van der Waals surface area contributed by atoms with Crippen LogP contribution in [0.25, 0.3) is 0 Å². The molecular weight excluding hydrogens is 392 g/mol. The Bertz CT molecular complexity index is 934. The molecule has 0 atom stereocenters. The topological polar surface area (TPSA) is 92.8 Å². The minimum atomic E-state index is -3.53. The second-order valence-electron chi connectivity index (χ2n) is 6.25. The summed E-state index contributed by atoms with van der Waals surface area (Å²) in [7, 11) is -3.53. The molecule has 0 saturated heterocycles. The van der Waals surface area contributed by atoms with Gasteiger partial charge in [-0.3, -0.25) is 9.59 Å². The van der Waals surface area contributed by atoms with Crippen LogP contribution in [0.4, 0.5) is 5.69 Å². The van der Waals surface area contributed by atoms with Crippen molar-refractivity contribution in [3.8, 4) is 5.75 Å². The number of nitrogens with one attached hydrogen (secondary N) is 1. The highest BCUT2D eigenvalue weighted by atomic mass is 32.2. The molecule has 0 aliphatic heterocycles. The van der Waals surface area contributed by atoms with E-state index in [0.717, 1.165) is 0 Å². The van der Waals surface area contributed by atoms with Gasteiger partial charge in [0.15, 0.2) is 12.4 Å². The van der Waals surface area contributed by atoms with Gasteiger partial charge in [0.25, 0.3) is 5.91 Å². The van der Waals surface area contributed by atoms with Gasteiger partial charge in [0, 0.05) is 30.8 Å². The van der Waals surface area contributed by atoms with Crippen LogP contribution < -0.4 is 10.1 Å². The van der Waals surface area contributed by atoms with Crippen molar-refractivity contribution in [1.82, 2.24) is 4.31 Å². The van der Waals surface area contributed by atoms with E-state index in [9.17, 15) is 18.0 Å². The van der Waals surface area contributed by atoms with E-state index < -0.39 is 10.0 Å². The molecule has 29 heavy (non-hydrogen) atoms. The number of ether oxygens (including phenoxy) is 1. The third-order valence-electron chi connectivity index (χ3n) is 4.35. The molecule has 2 aromatic carbocycles. The van der Waals surface area contributed by atoms with Gasteiger partial charge in [-0.15, -0.1) is 0 Å². The van der Waals surface area contributed by atoms with Crippen molar-refractivity contribution in [3.05, 3.63) is 54.1 Å². The van der Waals surface area contributed by atoms with E-state index in [4.69, 9.17) is 4.74 Å². The third-order valence-corrected chi connectivity index (χ3v) is 6.41. The Hall–Kier alpha value is -2.71. The quantitative estimate of drug-likeness (QED) is 0.598. The molecule has 0 aliphatic rings. The second-order valence-corrected chi connectivity index (χ2v) is 8.19. The Balaban J connectivity index is 1.93. The van der Waals surface area contributed by atoms with Gasteiger partial charge in [-0.1, -0.05) is 20.8 Å². The summed E-state index contributed by atoms with van der Waals surface area (Å²) >= 11 is 0. The summed E-state index contributed by atoms with van der Waals surface area (Å²) in [5.41, 5.74) is 1.07. The number of rotatable bonds is 10. The van der Waals surface area contributed by atoms with Crippen molar-refractivity contribution in [3.63, 3.8) is 0 Å². The van der Waals surface area contributed by atoms with Gasteiger partial charge in [0.05, 0.1) is 4.90 Å². The molecule has 1 amide bonds. The lowest BCUT2D eigenvalue weighted by Gasteiger charge is -2.18. The Morgan fingerprint density at radius 3 is 2.03 bits per heavy atom. The Morgan fingerprint density at radius 2 is 1.52 bits per heavy atom. The molecular formula is C21H26N2O5S. The van der Waals surface area contributed by atoms with E-state index >= 15 is 0 Å². The van der Waals surface area contributed by atoms with Crippen LogP contribution in [0, 0.1) is 0 Å². The van der Waals surface area contributed by atoms with Crippen LogP contribution in [0.15, 0.2) is 53.4 Å². The molecule has 0 radical (unpaired) electrons. The summed E-state index contributed by atoms with van der Waals surface area (Å²) < 4.78 is 31.7. The van der Waals surface area contributed by atoms with Gasteiger partial charge in [0.1, 0.15) is 5.75 Å². The van der Waals surface area contributed by atoms with Crippen molar-refractivity contribution in [1.29, 1.82) is 0 Å². The highest BCUT2D eigenvalue weighted by molar-refractivity contribution is 7.89. The molecule has 2 rings (SSSR count). The first-order valence-electron chi connectivity index (χ1n) is 9.47. The monoisotopic (exact) mass is 418 g/mol. The average molecular weight is 419 g/mol. The molecule has 7 nitrogen and oxygen atoms in total. The van der Waals surface area contributed by atoms with Gasteiger partial charge >= 0.3 is 0 Å². The molecule has 0 aromatic heterocycles. The Kier molecular flexibility index (Phi) is 7.92. The zero-order valence-electron chi connectivity index (χ0n) is 16.8. The molecule has 0 bridgehead atoms. The largest absolute Gasteiger partial charge is 0.484 e. The predicted octanol–water partition coefficient (Wildman–Crippen LogP) is 3.33. The van der Waals surface area contributed by atoms with E-state index in [1.54, 1.807) is 57.2 Å². The number of amides is 1. The molecule has 0 spiro atoms. The van der Waals surface area contributed by atoms with Crippen LogP contribution in [-0.4, -0.2) is 44.1 Å². The van der Waals surface area contributed by atoms with Crippen LogP contribution in [0.2, 0.25) is 0 Å². The predicted molar refractivity (Wildman–Crippen MR) is 112 cm³/mol. The number of hydrogen-bond donors (Lipinski definition) is 1. The second kappa shape index (κ2) is 10.2. The van der Waals surface area contributed by atoms with Crippen LogP contribution in [-0.2, 0) is 14.8 Å². The fourth-order valence-corrected chi connectivity index (χ4v) is 4.17. The smallest absolute Gasteiger partial charge is 0.262 e. The number of benzene rings is 2. The van der Waals surface area contributed by atoms with Crippen molar-refractivity contribution in [2.24, 2.45) is 0 Å². The first-order chi connectivity index (χ1) is 13.8. The lowest BCUT2D eigenvalue weighted by Crippen LogP contribution is -2.30. The SMILES string of the molecule is CCC(=O)c1ccc(OCC(=O)Nc2ccc(S(=O)(=O)N(CC)CC)cc2)cc1. The first kappa shape index (κ1) is 22.6. The Morgan fingerprint density at radius 1 is 0.931 bits per heavy atom. The summed E-state index contributed by atoms with van der Waals surface area (Å²) in [6.07, 6.45) is 0.428. The molecule has 0 aliphatic carbocycles. The minimum Gasteiger partial charge on any atom is -0.484 e. The minimum absolute atomic E-state index is 0.0424. The number of ketones is 1. The molecule has 0 fully saturated rings. The number of Topliss-reactive ketones (excluding diaryl/α,β-unsaturated/α-hetero) is 1. The third kappa shape index (κ3) is 5.88. The summed E-state index contributed by atoms with van der Waals surface area (Å²) in [6.45, 7) is 5.93. The van der Waals surface area contributed by atoms with Crippen LogP contribution in [0.1, 0.15) is 37.6 Å². The fraction of sp³-hybridized carbons (Fsp3) is 0.333. The van der Waals surface area contributed by atoms with Crippen LogP contribution in [0.5, 0.6) is 5.75 Å². The number of sulfonamides is 1. The maximum Gasteiger partial charge on any atom is 0.262 e. The summed E-state index contributed by atoms with van der Waals surface area (Å²) in [6, 6.07) is 12.6.